The van der Waals surface area contributed by atoms with Crippen LogP contribution in [0.1, 0.15) is 32.6 Å². The first kappa shape index (κ1) is 13.0. The number of nitrogens with zero attached hydrogens (tertiary/aromatic N) is 1. The number of hydrogen-bond acceptors (Lipinski definition) is 3. The van der Waals surface area contributed by atoms with Gasteiger partial charge >= 0.3 is 5.97 Å². The van der Waals surface area contributed by atoms with Gasteiger partial charge in [0.15, 0.2) is 0 Å². The maximum Gasteiger partial charge on any atom is 0.303 e. The van der Waals surface area contributed by atoms with Crippen molar-refractivity contribution in [2.45, 2.75) is 44.7 Å². The first-order valence-electron chi connectivity index (χ1n) is 5.67. The molecular weight excluding hydrogens is 208 g/mol. The van der Waals surface area contributed by atoms with Crippen LogP contribution in [0.2, 0.25) is 0 Å². The first-order valence-corrected chi connectivity index (χ1v) is 5.67. The lowest BCUT2D eigenvalue weighted by atomic mass is 10.1. The quantitative estimate of drug-likeness (QED) is 0.690. The SMILES string of the molecule is CC(C1CC1)N(C)C(=O)C(N)CCC(=O)O. The van der Waals surface area contributed by atoms with E-state index in [0.717, 1.165) is 0 Å². The van der Waals surface area contributed by atoms with E-state index >= 15 is 0 Å². The normalized spacial score (nSPS) is 18.9. The van der Waals surface area contributed by atoms with Gasteiger partial charge in [0.2, 0.25) is 5.91 Å². The summed E-state index contributed by atoms with van der Waals surface area (Å²) in [7, 11) is 1.74. The molecule has 0 saturated heterocycles. The summed E-state index contributed by atoms with van der Waals surface area (Å²) in [4.78, 5) is 23.9. The molecule has 16 heavy (non-hydrogen) atoms. The van der Waals surface area contributed by atoms with Gasteiger partial charge < -0.3 is 15.7 Å². The van der Waals surface area contributed by atoms with Gasteiger partial charge in [0.05, 0.1) is 6.04 Å². The first-order chi connectivity index (χ1) is 7.43. The predicted molar refractivity (Wildman–Crippen MR) is 59.8 cm³/mol. The van der Waals surface area contributed by atoms with Gasteiger partial charge in [0.1, 0.15) is 0 Å². The lowest BCUT2D eigenvalue weighted by Gasteiger charge is -2.27. The molecule has 5 nitrogen and oxygen atoms in total. The summed E-state index contributed by atoms with van der Waals surface area (Å²) in [6, 6.07) is -0.481. The number of carboxylic acid groups (broad SMARTS) is 1. The number of carbonyl (C=O) groups is 2. The second-order valence-electron chi connectivity index (χ2n) is 4.57. The molecule has 2 atom stereocenters. The fourth-order valence-corrected chi connectivity index (χ4v) is 1.76. The molecule has 3 N–H and O–H groups in total. The average Bonchev–Trinajstić information content (AvgIpc) is 3.06. The minimum absolute atomic E-state index is 0.0570. The smallest absolute Gasteiger partial charge is 0.303 e. The molecule has 0 spiro atoms. The second kappa shape index (κ2) is 5.30. The second-order valence-corrected chi connectivity index (χ2v) is 4.57. The van der Waals surface area contributed by atoms with Crippen molar-refractivity contribution < 1.29 is 14.7 Å². The molecule has 5 heteroatoms. The molecular formula is C11H20N2O3. The predicted octanol–water partition coefficient (Wildman–Crippen LogP) is 0.435. The zero-order chi connectivity index (χ0) is 12.3. The standard InChI is InChI=1S/C11H20N2O3/c1-7(8-3-4-8)13(2)11(16)9(12)5-6-10(14)15/h7-9H,3-6,12H2,1-2H3,(H,14,15). The Morgan fingerprint density at radius 1 is 1.50 bits per heavy atom. The molecule has 0 heterocycles. The molecule has 1 saturated carbocycles. The van der Waals surface area contributed by atoms with E-state index in [1.54, 1.807) is 11.9 Å². The van der Waals surface area contributed by atoms with Gasteiger partial charge in [-0.2, -0.15) is 0 Å². The lowest BCUT2D eigenvalue weighted by molar-refractivity contribution is -0.137. The van der Waals surface area contributed by atoms with E-state index in [9.17, 15) is 9.59 Å². The summed E-state index contributed by atoms with van der Waals surface area (Å²) < 4.78 is 0. The van der Waals surface area contributed by atoms with Crippen molar-refractivity contribution in [3.05, 3.63) is 0 Å². The highest BCUT2D eigenvalue weighted by Crippen LogP contribution is 2.34. The highest BCUT2D eigenvalue weighted by atomic mass is 16.4. The molecule has 1 amide bonds. The summed E-state index contributed by atoms with van der Waals surface area (Å²) in [5.74, 6) is -0.470. The van der Waals surface area contributed by atoms with E-state index in [4.69, 9.17) is 10.8 Å². The van der Waals surface area contributed by atoms with E-state index in [1.165, 1.54) is 12.8 Å². The van der Waals surface area contributed by atoms with Crippen molar-refractivity contribution >= 4 is 11.9 Å². The third-order valence-electron chi connectivity index (χ3n) is 3.25. The Balaban J connectivity index is 2.39. The van der Waals surface area contributed by atoms with Crippen molar-refractivity contribution in [3.63, 3.8) is 0 Å². The molecule has 1 aliphatic rings. The van der Waals surface area contributed by atoms with E-state index in [0.29, 0.717) is 5.92 Å². The van der Waals surface area contributed by atoms with Crippen molar-refractivity contribution in [2.75, 3.05) is 7.05 Å². The van der Waals surface area contributed by atoms with Crippen LogP contribution in [0, 0.1) is 5.92 Å². The van der Waals surface area contributed by atoms with Crippen LogP contribution in [0.4, 0.5) is 0 Å². The lowest BCUT2D eigenvalue weighted by Crippen LogP contribution is -2.46. The van der Waals surface area contributed by atoms with E-state index in [-0.39, 0.29) is 24.8 Å². The minimum Gasteiger partial charge on any atom is -0.481 e. The average molecular weight is 228 g/mol. The number of aliphatic carboxylic acids is 1. The molecule has 2 unspecified atom stereocenters. The number of hydrogen-bond donors (Lipinski definition) is 2. The van der Waals surface area contributed by atoms with Gasteiger partial charge in [-0.25, -0.2) is 0 Å². The molecule has 1 fully saturated rings. The van der Waals surface area contributed by atoms with Crippen LogP contribution in [0.3, 0.4) is 0 Å². The van der Waals surface area contributed by atoms with Crippen molar-refractivity contribution in [3.8, 4) is 0 Å². The zero-order valence-corrected chi connectivity index (χ0v) is 9.85. The maximum atomic E-state index is 11.8. The summed E-state index contributed by atoms with van der Waals surface area (Å²) >= 11 is 0. The summed E-state index contributed by atoms with van der Waals surface area (Å²) in [5, 5.41) is 8.51. The van der Waals surface area contributed by atoms with Gasteiger partial charge in [-0.15, -0.1) is 0 Å². The van der Waals surface area contributed by atoms with Crippen LogP contribution in [0.5, 0.6) is 0 Å². The molecule has 0 aromatic heterocycles. The van der Waals surface area contributed by atoms with Crippen molar-refractivity contribution in [1.82, 2.24) is 4.90 Å². The van der Waals surface area contributed by atoms with Crippen LogP contribution >= 0.6 is 0 Å². The van der Waals surface area contributed by atoms with Gasteiger partial charge in [-0.3, -0.25) is 9.59 Å². The van der Waals surface area contributed by atoms with Crippen molar-refractivity contribution in [1.29, 1.82) is 0 Å². The molecule has 1 aliphatic carbocycles. The number of amides is 1. The Hall–Kier alpha value is -1.10. The van der Waals surface area contributed by atoms with E-state index in [2.05, 4.69) is 0 Å². The molecule has 92 valence electrons. The Morgan fingerprint density at radius 3 is 2.50 bits per heavy atom. The summed E-state index contributed by atoms with van der Waals surface area (Å²) in [6.07, 6.45) is 2.49. The largest absolute Gasteiger partial charge is 0.481 e. The summed E-state index contributed by atoms with van der Waals surface area (Å²) in [5.41, 5.74) is 5.67. The molecule has 0 aromatic rings. The third-order valence-corrected chi connectivity index (χ3v) is 3.25. The number of rotatable bonds is 6. The van der Waals surface area contributed by atoms with Gasteiger partial charge in [-0.1, -0.05) is 0 Å². The maximum absolute atomic E-state index is 11.8. The van der Waals surface area contributed by atoms with Crippen LogP contribution in [-0.4, -0.2) is 41.0 Å². The fraction of sp³-hybridized carbons (Fsp3) is 0.818. The van der Waals surface area contributed by atoms with E-state index in [1.807, 2.05) is 6.92 Å². The molecule has 0 aliphatic heterocycles. The zero-order valence-electron chi connectivity index (χ0n) is 9.85. The topological polar surface area (TPSA) is 83.6 Å². The van der Waals surface area contributed by atoms with E-state index < -0.39 is 12.0 Å². The van der Waals surface area contributed by atoms with Crippen molar-refractivity contribution in [2.24, 2.45) is 11.7 Å². The fourth-order valence-electron chi connectivity index (χ4n) is 1.76. The van der Waals surface area contributed by atoms with Crippen LogP contribution < -0.4 is 5.73 Å². The van der Waals surface area contributed by atoms with Crippen LogP contribution in [-0.2, 0) is 9.59 Å². The molecule has 0 radical (unpaired) electrons. The monoisotopic (exact) mass is 228 g/mol. The molecule has 0 bridgehead atoms. The minimum atomic E-state index is -0.916. The van der Waals surface area contributed by atoms with Crippen LogP contribution in [0.15, 0.2) is 0 Å². The molecule has 1 rings (SSSR count). The Labute approximate surface area is 95.6 Å². The van der Waals surface area contributed by atoms with Gasteiger partial charge in [0, 0.05) is 19.5 Å². The number of carboxylic acids is 1. The third kappa shape index (κ3) is 3.48. The highest BCUT2D eigenvalue weighted by molar-refractivity contribution is 5.82. The number of carbonyl (C=O) groups excluding carboxylic acids is 1. The van der Waals surface area contributed by atoms with Gasteiger partial charge in [-0.05, 0) is 32.1 Å². The number of likely N-dealkylation sites (N-methyl/N-ethyl adjacent to an activating group) is 1. The highest BCUT2D eigenvalue weighted by Gasteiger charge is 2.33. The Morgan fingerprint density at radius 2 is 2.06 bits per heavy atom. The van der Waals surface area contributed by atoms with Crippen LogP contribution in [0.25, 0.3) is 0 Å². The Kier molecular flexibility index (Phi) is 4.29. The number of nitrogens with two attached hydrogens (primary N) is 1. The van der Waals surface area contributed by atoms with Gasteiger partial charge in [0.25, 0.3) is 0 Å². The summed E-state index contributed by atoms with van der Waals surface area (Å²) in [6.45, 7) is 2.01. The molecule has 0 aromatic carbocycles. The Bertz CT molecular complexity index is 276.